The van der Waals surface area contributed by atoms with Crippen molar-refractivity contribution < 1.29 is 17.6 Å². The highest BCUT2D eigenvalue weighted by Crippen LogP contribution is 2.33. The highest BCUT2D eigenvalue weighted by Gasteiger charge is 2.31. The molecule has 0 unspecified atom stereocenters. The smallest absolute Gasteiger partial charge is 0.336 e. The van der Waals surface area contributed by atoms with Gasteiger partial charge in [0.1, 0.15) is 5.82 Å². The maximum absolute atomic E-state index is 13.7. The highest BCUT2D eigenvalue weighted by molar-refractivity contribution is 6.30. The van der Waals surface area contributed by atoms with Gasteiger partial charge in [-0.05, 0) is 43.2 Å². The van der Waals surface area contributed by atoms with Gasteiger partial charge < -0.3 is 5.32 Å². The van der Waals surface area contributed by atoms with Crippen LogP contribution >= 0.6 is 11.6 Å². The summed E-state index contributed by atoms with van der Waals surface area (Å²) in [5, 5.41) is 10.1. The summed E-state index contributed by atoms with van der Waals surface area (Å²) in [4.78, 5) is 0. The first-order valence-electron chi connectivity index (χ1n) is 5.83. The fourth-order valence-corrected chi connectivity index (χ4v) is 1.80. The molecule has 1 aromatic carbocycles. The monoisotopic (exact) mass is 319 g/mol. The first kappa shape index (κ1) is 15.5. The fraction of sp³-hybridized carbons (Fsp3) is 0.231. The molecule has 1 aromatic heterocycles. The van der Waals surface area contributed by atoms with Gasteiger partial charge in [-0.2, -0.15) is 13.2 Å². The summed E-state index contributed by atoms with van der Waals surface area (Å²) < 4.78 is 51.6. The van der Waals surface area contributed by atoms with Crippen molar-refractivity contribution in [3.05, 3.63) is 45.9 Å². The molecule has 3 nitrogen and oxygen atoms in total. The van der Waals surface area contributed by atoms with Crippen LogP contribution in [0.3, 0.4) is 0 Å². The van der Waals surface area contributed by atoms with Gasteiger partial charge in [0, 0.05) is 0 Å². The molecule has 21 heavy (non-hydrogen) atoms. The standard InChI is InChI=1S/C13H10ClF4N3/c1-6-7(2)12(21-20-11(6)14)19-10-5-8(13(16,17)18)3-4-9(10)15/h3-5H,1-2H3,(H,19,21). The largest absolute Gasteiger partial charge is 0.416 e. The first-order chi connectivity index (χ1) is 9.70. The Bertz CT molecular complexity index is 686. The van der Waals surface area contributed by atoms with E-state index in [1.54, 1.807) is 13.8 Å². The third-order valence-corrected chi connectivity index (χ3v) is 3.37. The lowest BCUT2D eigenvalue weighted by Crippen LogP contribution is -2.07. The molecule has 0 atom stereocenters. The van der Waals surface area contributed by atoms with Crippen molar-refractivity contribution in [2.45, 2.75) is 20.0 Å². The average molecular weight is 320 g/mol. The zero-order valence-corrected chi connectivity index (χ0v) is 11.8. The normalized spacial score (nSPS) is 11.6. The Hall–Kier alpha value is -1.89. The third-order valence-electron chi connectivity index (χ3n) is 3.01. The van der Waals surface area contributed by atoms with Gasteiger partial charge in [0.2, 0.25) is 0 Å². The van der Waals surface area contributed by atoms with Gasteiger partial charge in [0.25, 0.3) is 0 Å². The number of hydrogen-bond acceptors (Lipinski definition) is 3. The number of alkyl halides is 3. The maximum Gasteiger partial charge on any atom is 0.416 e. The second-order valence-corrected chi connectivity index (χ2v) is 4.76. The van der Waals surface area contributed by atoms with Crippen molar-refractivity contribution in [1.29, 1.82) is 0 Å². The zero-order chi connectivity index (χ0) is 15.8. The number of hydrogen-bond donors (Lipinski definition) is 1. The number of benzene rings is 1. The lowest BCUT2D eigenvalue weighted by molar-refractivity contribution is -0.137. The summed E-state index contributed by atoms with van der Waals surface area (Å²) in [6.45, 7) is 3.34. The Balaban J connectivity index is 2.42. The molecular weight excluding hydrogens is 310 g/mol. The lowest BCUT2D eigenvalue weighted by atomic mass is 10.1. The summed E-state index contributed by atoms with van der Waals surface area (Å²) in [5.74, 6) is -0.674. The molecule has 0 aliphatic rings. The van der Waals surface area contributed by atoms with E-state index in [0.717, 1.165) is 6.07 Å². The maximum atomic E-state index is 13.7. The molecule has 8 heteroatoms. The van der Waals surface area contributed by atoms with Crippen LogP contribution in [0.25, 0.3) is 0 Å². The molecule has 0 aliphatic carbocycles. The van der Waals surface area contributed by atoms with Crippen LogP contribution in [0.4, 0.5) is 29.1 Å². The molecule has 0 saturated carbocycles. The van der Waals surface area contributed by atoms with E-state index in [0.29, 0.717) is 23.3 Å². The second-order valence-electron chi connectivity index (χ2n) is 4.41. The Morgan fingerprint density at radius 2 is 1.76 bits per heavy atom. The summed E-state index contributed by atoms with van der Waals surface area (Å²) in [6.07, 6.45) is -4.55. The van der Waals surface area contributed by atoms with Crippen molar-refractivity contribution in [3.63, 3.8) is 0 Å². The van der Waals surface area contributed by atoms with Crippen molar-refractivity contribution in [1.82, 2.24) is 10.2 Å². The fourth-order valence-electron chi connectivity index (χ4n) is 1.62. The molecular formula is C13H10ClF4N3. The average Bonchev–Trinajstić information content (AvgIpc) is 2.40. The van der Waals surface area contributed by atoms with Crippen LogP contribution in [0, 0.1) is 19.7 Å². The van der Waals surface area contributed by atoms with Crippen molar-refractivity contribution in [2.75, 3.05) is 5.32 Å². The topological polar surface area (TPSA) is 37.8 Å². The second kappa shape index (κ2) is 5.48. The predicted octanol–water partition coefficient (Wildman–Crippen LogP) is 4.65. The molecule has 0 aliphatic heterocycles. The van der Waals surface area contributed by atoms with Gasteiger partial charge in [0.15, 0.2) is 11.0 Å². The van der Waals surface area contributed by atoms with Gasteiger partial charge in [-0.25, -0.2) is 4.39 Å². The van der Waals surface area contributed by atoms with Crippen LogP contribution in [-0.4, -0.2) is 10.2 Å². The summed E-state index contributed by atoms with van der Waals surface area (Å²) in [6, 6.07) is 2.10. The van der Waals surface area contributed by atoms with Gasteiger partial charge in [-0.3, -0.25) is 0 Å². The van der Waals surface area contributed by atoms with E-state index in [-0.39, 0.29) is 16.7 Å². The Morgan fingerprint density at radius 3 is 2.38 bits per heavy atom. The quantitative estimate of drug-likeness (QED) is 0.819. The van der Waals surface area contributed by atoms with Crippen molar-refractivity contribution in [3.8, 4) is 0 Å². The van der Waals surface area contributed by atoms with Gasteiger partial charge in [0.05, 0.1) is 11.3 Å². The SMILES string of the molecule is Cc1c(Cl)nnc(Nc2cc(C(F)(F)F)ccc2F)c1C. The van der Waals surface area contributed by atoms with E-state index in [1.165, 1.54) is 0 Å². The van der Waals surface area contributed by atoms with E-state index in [2.05, 4.69) is 15.5 Å². The Kier molecular flexibility index (Phi) is 4.04. The van der Waals surface area contributed by atoms with E-state index < -0.39 is 17.6 Å². The summed E-state index contributed by atoms with van der Waals surface area (Å²) in [7, 11) is 0. The van der Waals surface area contributed by atoms with Crippen molar-refractivity contribution >= 4 is 23.1 Å². The van der Waals surface area contributed by atoms with Crippen LogP contribution in [0.15, 0.2) is 18.2 Å². The number of nitrogens with one attached hydrogen (secondary N) is 1. The van der Waals surface area contributed by atoms with Crippen LogP contribution < -0.4 is 5.32 Å². The third kappa shape index (κ3) is 3.24. The molecule has 0 radical (unpaired) electrons. The minimum Gasteiger partial charge on any atom is -0.336 e. The van der Waals surface area contributed by atoms with E-state index in [4.69, 9.17) is 11.6 Å². The van der Waals surface area contributed by atoms with E-state index in [1.807, 2.05) is 0 Å². The van der Waals surface area contributed by atoms with Crippen molar-refractivity contribution in [2.24, 2.45) is 0 Å². The number of halogens is 5. The molecule has 0 amide bonds. The zero-order valence-electron chi connectivity index (χ0n) is 11.0. The number of rotatable bonds is 2. The van der Waals surface area contributed by atoms with Crippen LogP contribution in [0.5, 0.6) is 0 Å². The van der Waals surface area contributed by atoms with Gasteiger partial charge in [-0.1, -0.05) is 11.6 Å². The molecule has 1 heterocycles. The molecule has 112 valence electrons. The highest BCUT2D eigenvalue weighted by atomic mass is 35.5. The molecule has 0 spiro atoms. The van der Waals surface area contributed by atoms with Gasteiger partial charge in [-0.15, -0.1) is 10.2 Å². The van der Waals surface area contributed by atoms with Crippen LogP contribution in [0.1, 0.15) is 16.7 Å². The summed E-state index contributed by atoms with van der Waals surface area (Å²) >= 11 is 5.78. The molecule has 0 saturated heterocycles. The minimum atomic E-state index is -4.55. The number of anilines is 2. The molecule has 2 aromatic rings. The lowest BCUT2D eigenvalue weighted by Gasteiger charge is -2.13. The van der Waals surface area contributed by atoms with E-state index >= 15 is 0 Å². The minimum absolute atomic E-state index is 0.148. The molecule has 1 N–H and O–H groups in total. The molecule has 0 fully saturated rings. The molecule has 2 rings (SSSR count). The van der Waals surface area contributed by atoms with E-state index in [9.17, 15) is 17.6 Å². The number of aromatic nitrogens is 2. The Labute approximate surface area is 123 Å². The van der Waals surface area contributed by atoms with Crippen LogP contribution in [-0.2, 0) is 6.18 Å². The molecule has 0 bridgehead atoms. The predicted molar refractivity (Wildman–Crippen MR) is 71.2 cm³/mol. The summed E-state index contributed by atoms with van der Waals surface area (Å²) in [5.41, 5.74) is -0.0972. The van der Waals surface area contributed by atoms with Crippen LogP contribution in [0.2, 0.25) is 5.15 Å². The number of nitrogens with zero attached hydrogens (tertiary/aromatic N) is 2. The van der Waals surface area contributed by atoms with Gasteiger partial charge >= 0.3 is 6.18 Å². The first-order valence-corrected chi connectivity index (χ1v) is 6.21. The Morgan fingerprint density at radius 1 is 1.10 bits per heavy atom.